The van der Waals surface area contributed by atoms with Gasteiger partial charge in [-0.15, -0.1) is 0 Å². The molecule has 1 N–H and O–H groups in total. The van der Waals surface area contributed by atoms with E-state index in [2.05, 4.69) is 9.98 Å². The molecule has 3 aromatic rings. The first kappa shape index (κ1) is 14.1. The van der Waals surface area contributed by atoms with Gasteiger partial charge in [-0.25, -0.2) is 9.98 Å². The first-order valence-electron chi connectivity index (χ1n) is 7.46. The topological polar surface area (TPSA) is 65.8 Å². The van der Waals surface area contributed by atoms with E-state index < -0.39 is 0 Å². The largest absolute Gasteiger partial charge is 0.508 e. The first-order valence-corrected chi connectivity index (χ1v) is 7.46. The summed E-state index contributed by atoms with van der Waals surface area (Å²) in [5.74, 6) is 0.501. The summed E-state index contributed by atoms with van der Waals surface area (Å²) < 4.78 is 0. The predicted octanol–water partition coefficient (Wildman–Crippen LogP) is 3.59. The third-order valence-electron chi connectivity index (χ3n) is 3.77. The summed E-state index contributed by atoms with van der Waals surface area (Å²) in [6, 6.07) is 19.4. The van der Waals surface area contributed by atoms with Gasteiger partial charge in [0.15, 0.2) is 0 Å². The number of nitrogens with zero attached hydrogens (tertiary/aromatic N) is 3. The molecule has 0 fully saturated rings. The van der Waals surface area contributed by atoms with Gasteiger partial charge in [0.1, 0.15) is 17.3 Å². The van der Waals surface area contributed by atoms with Crippen molar-refractivity contribution in [3.8, 4) is 5.75 Å². The highest BCUT2D eigenvalue weighted by Crippen LogP contribution is 2.35. The van der Waals surface area contributed by atoms with Gasteiger partial charge in [-0.3, -0.25) is 9.69 Å². The second-order valence-corrected chi connectivity index (χ2v) is 5.32. The summed E-state index contributed by atoms with van der Waals surface area (Å²) in [6.45, 7) is 0. The molecule has 0 saturated carbocycles. The van der Waals surface area contributed by atoms with E-state index in [9.17, 15) is 9.90 Å². The molecule has 1 aliphatic rings. The Hall–Kier alpha value is -3.47. The highest BCUT2D eigenvalue weighted by Gasteiger charge is 2.35. The lowest BCUT2D eigenvalue weighted by Gasteiger charge is -2.15. The van der Waals surface area contributed by atoms with E-state index in [0.29, 0.717) is 17.2 Å². The van der Waals surface area contributed by atoms with E-state index >= 15 is 0 Å². The second kappa shape index (κ2) is 5.62. The zero-order chi connectivity index (χ0) is 16.5. The van der Waals surface area contributed by atoms with Gasteiger partial charge in [-0.1, -0.05) is 24.3 Å². The highest BCUT2D eigenvalue weighted by molar-refractivity contribution is 6.55. The number of para-hydroxylation sites is 1. The average Bonchev–Trinajstić information content (AvgIpc) is 2.90. The molecule has 0 aliphatic carbocycles. The standard InChI is InChI=1S/C19H13N3O2/c23-14-10-8-13(9-11-14)21-18-15-5-1-2-6-16(15)22(19(18)24)17-7-3-4-12-20-17/h1-12,23H. The van der Waals surface area contributed by atoms with E-state index in [1.165, 1.54) is 0 Å². The molecule has 4 rings (SSSR count). The number of aliphatic imine (C=N–C) groups is 1. The lowest BCUT2D eigenvalue weighted by atomic mass is 10.1. The molecule has 1 aliphatic heterocycles. The number of pyridine rings is 1. The van der Waals surface area contributed by atoms with Crippen molar-refractivity contribution in [1.29, 1.82) is 0 Å². The smallest absolute Gasteiger partial charge is 0.283 e. The molecule has 116 valence electrons. The van der Waals surface area contributed by atoms with E-state index in [4.69, 9.17) is 0 Å². The highest BCUT2D eigenvalue weighted by atomic mass is 16.3. The Balaban J connectivity index is 1.85. The molecular formula is C19H13N3O2. The number of fused-ring (bicyclic) bond motifs is 1. The number of phenolic OH excluding ortho intramolecular Hbond substituents is 1. The normalized spacial score (nSPS) is 14.9. The Morgan fingerprint density at radius 2 is 1.67 bits per heavy atom. The van der Waals surface area contributed by atoms with Crippen LogP contribution in [-0.4, -0.2) is 21.7 Å². The SMILES string of the molecule is O=C1C(=Nc2ccc(O)cc2)c2ccccc2N1c1ccccn1. The van der Waals surface area contributed by atoms with Gasteiger partial charge in [-0.2, -0.15) is 0 Å². The Bertz CT molecular complexity index is 934. The Kier molecular flexibility index (Phi) is 3.31. The summed E-state index contributed by atoms with van der Waals surface area (Å²) in [7, 11) is 0. The molecule has 0 radical (unpaired) electrons. The summed E-state index contributed by atoms with van der Waals surface area (Å²) in [5.41, 5.74) is 2.50. The lowest BCUT2D eigenvalue weighted by Crippen LogP contribution is -2.26. The molecule has 0 saturated heterocycles. The van der Waals surface area contributed by atoms with Gasteiger partial charge in [0.25, 0.3) is 5.91 Å². The number of benzene rings is 2. The number of anilines is 2. The Morgan fingerprint density at radius 3 is 2.42 bits per heavy atom. The number of carbonyl (C=O) groups excluding carboxylic acids is 1. The summed E-state index contributed by atoms with van der Waals surface area (Å²) in [4.78, 5) is 23.3. The van der Waals surface area contributed by atoms with E-state index in [1.807, 2.05) is 30.3 Å². The van der Waals surface area contributed by atoms with Crippen LogP contribution >= 0.6 is 0 Å². The maximum Gasteiger partial charge on any atom is 0.283 e. The quantitative estimate of drug-likeness (QED) is 0.786. The van der Waals surface area contributed by atoms with Crippen LogP contribution in [0.25, 0.3) is 0 Å². The van der Waals surface area contributed by atoms with Crippen molar-refractivity contribution in [2.45, 2.75) is 0 Å². The molecule has 1 amide bonds. The van der Waals surface area contributed by atoms with Crippen LogP contribution in [0.5, 0.6) is 5.75 Å². The molecule has 0 atom stereocenters. The number of phenols is 1. The van der Waals surface area contributed by atoms with Crippen LogP contribution in [0.2, 0.25) is 0 Å². The fourth-order valence-corrected chi connectivity index (χ4v) is 2.68. The number of aromatic nitrogens is 1. The van der Waals surface area contributed by atoms with Crippen molar-refractivity contribution in [1.82, 2.24) is 4.98 Å². The van der Waals surface area contributed by atoms with Crippen LogP contribution in [0.1, 0.15) is 5.56 Å². The average molecular weight is 315 g/mol. The molecular weight excluding hydrogens is 302 g/mol. The van der Waals surface area contributed by atoms with Crippen molar-refractivity contribution >= 4 is 28.8 Å². The van der Waals surface area contributed by atoms with Crippen LogP contribution in [0, 0.1) is 0 Å². The van der Waals surface area contributed by atoms with Crippen LogP contribution in [0.4, 0.5) is 17.2 Å². The van der Waals surface area contributed by atoms with Crippen molar-refractivity contribution < 1.29 is 9.90 Å². The van der Waals surface area contributed by atoms with Crippen LogP contribution in [0.3, 0.4) is 0 Å². The third-order valence-corrected chi connectivity index (χ3v) is 3.77. The van der Waals surface area contributed by atoms with Crippen LogP contribution < -0.4 is 4.90 Å². The maximum absolute atomic E-state index is 12.9. The summed E-state index contributed by atoms with van der Waals surface area (Å²) >= 11 is 0. The third kappa shape index (κ3) is 2.32. The minimum Gasteiger partial charge on any atom is -0.508 e. The van der Waals surface area contributed by atoms with Crippen LogP contribution in [0.15, 0.2) is 77.9 Å². The Morgan fingerprint density at radius 1 is 0.917 bits per heavy atom. The lowest BCUT2D eigenvalue weighted by molar-refractivity contribution is -0.111. The maximum atomic E-state index is 12.9. The van der Waals surface area contributed by atoms with Crippen molar-refractivity contribution in [2.75, 3.05) is 4.90 Å². The molecule has 0 bridgehead atoms. The van der Waals surface area contributed by atoms with Crippen molar-refractivity contribution in [2.24, 2.45) is 4.99 Å². The summed E-state index contributed by atoms with van der Waals surface area (Å²) in [5, 5.41) is 9.39. The minimum atomic E-state index is -0.219. The number of hydrogen-bond donors (Lipinski definition) is 1. The fraction of sp³-hybridized carbons (Fsp3) is 0. The van der Waals surface area contributed by atoms with E-state index in [0.717, 1.165) is 11.3 Å². The molecule has 2 aromatic carbocycles. The van der Waals surface area contributed by atoms with Crippen molar-refractivity contribution in [3.63, 3.8) is 0 Å². The number of rotatable bonds is 2. The zero-order valence-corrected chi connectivity index (χ0v) is 12.6. The van der Waals surface area contributed by atoms with Crippen molar-refractivity contribution in [3.05, 3.63) is 78.5 Å². The molecule has 2 heterocycles. The van der Waals surface area contributed by atoms with Gasteiger partial charge < -0.3 is 5.11 Å². The zero-order valence-electron chi connectivity index (χ0n) is 12.6. The second-order valence-electron chi connectivity index (χ2n) is 5.32. The minimum absolute atomic E-state index is 0.159. The Labute approximate surface area is 138 Å². The first-order chi connectivity index (χ1) is 11.7. The molecule has 5 heteroatoms. The van der Waals surface area contributed by atoms with Crippen LogP contribution in [-0.2, 0) is 4.79 Å². The van der Waals surface area contributed by atoms with Gasteiger partial charge in [-0.05, 0) is 42.5 Å². The number of amides is 1. The van der Waals surface area contributed by atoms with Gasteiger partial charge in [0.2, 0.25) is 0 Å². The monoisotopic (exact) mass is 315 g/mol. The number of carbonyl (C=O) groups is 1. The molecule has 0 spiro atoms. The van der Waals surface area contributed by atoms with E-state index in [-0.39, 0.29) is 11.7 Å². The summed E-state index contributed by atoms with van der Waals surface area (Å²) in [6.07, 6.45) is 1.65. The number of aromatic hydroxyl groups is 1. The van der Waals surface area contributed by atoms with Gasteiger partial charge >= 0.3 is 0 Å². The fourth-order valence-electron chi connectivity index (χ4n) is 2.68. The van der Waals surface area contributed by atoms with Gasteiger partial charge in [0, 0.05) is 11.8 Å². The molecule has 0 unspecified atom stereocenters. The predicted molar refractivity (Wildman–Crippen MR) is 92.1 cm³/mol. The molecule has 1 aromatic heterocycles. The molecule has 24 heavy (non-hydrogen) atoms. The number of hydrogen-bond acceptors (Lipinski definition) is 4. The van der Waals surface area contributed by atoms with Gasteiger partial charge in [0.05, 0.1) is 11.4 Å². The van der Waals surface area contributed by atoms with E-state index in [1.54, 1.807) is 47.5 Å². The molecule has 5 nitrogen and oxygen atoms in total.